The largest absolute Gasteiger partial charge is 0.462 e. The number of unbranched alkanes of at least 4 members (excludes halogenated alkanes) is 40. The highest BCUT2D eigenvalue weighted by Crippen LogP contribution is 2.17. The number of rotatable bonds is 57. The van der Waals surface area contributed by atoms with Gasteiger partial charge in [0, 0.05) is 19.3 Å². The lowest BCUT2D eigenvalue weighted by Crippen LogP contribution is -2.30. The minimum Gasteiger partial charge on any atom is -0.462 e. The summed E-state index contributed by atoms with van der Waals surface area (Å²) in [5.74, 6) is -0.865. The molecule has 410 valence electrons. The van der Waals surface area contributed by atoms with Gasteiger partial charge in [-0.05, 0) is 77.0 Å². The first-order valence-electron chi connectivity index (χ1n) is 31.0. The van der Waals surface area contributed by atoms with Gasteiger partial charge in [0.25, 0.3) is 0 Å². The van der Waals surface area contributed by atoms with Crippen LogP contribution in [-0.2, 0) is 28.6 Å². The Morgan fingerprint density at radius 1 is 0.286 bits per heavy atom. The number of ether oxygens (including phenoxy) is 3. The third kappa shape index (κ3) is 56.5. The predicted octanol–water partition coefficient (Wildman–Crippen LogP) is 20.8. The van der Waals surface area contributed by atoms with Crippen molar-refractivity contribution in [2.45, 2.75) is 341 Å². The van der Waals surface area contributed by atoms with Gasteiger partial charge in [-0.15, -0.1) is 0 Å². The first-order valence-corrected chi connectivity index (χ1v) is 31.0. The van der Waals surface area contributed by atoms with Crippen LogP contribution >= 0.6 is 0 Å². The van der Waals surface area contributed by atoms with Crippen molar-refractivity contribution in [3.63, 3.8) is 0 Å². The summed E-state index contributed by atoms with van der Waals surface area (Å²) in [6, 6.07) is 0. The van der Waals surface area contributed by atoms with E-state index in [1.54, 1.807) is 0 Å². The number of hydrogen-bond acceptors (Lipinski definition) is 6. The predicted molar refractivity (Wildman–Crippen MR) is 302 cm³/mol. The fraction of sp³-hybridized carbons (Fsp3) is 0.859. The fourth-order valence-electron chi connectivity index (χ4n) is 9.18. The van der Waals surface area contributed by atoms with Crippen LogP contribution in [-0.4, -0.2) is 37.2 Å². The second kappa shape index (κ2) is 59.2. The van der Waals surface area contributed by atoms with Gasteiger partial charge in [0.05, 0.1) is 0 Å². The smallest absolute Gasteiger partial charge is 0.306 e. The third-order valence-electron chi connectivity index (χ3n) is 13.9. The molecule has 0 fully saturated rings. The lowest BCUT2D eigenvalue weighted by atomic mass is 10.0. The molecule has 0 aliphatic carbocycles. The van der Waals surface area contributed by atoms with E-state index in [9.17, 15) is 14.4 Å². The van der Waals surface area contributed by atoms with Crippen LogP contribution in [0.4, 0.5) is 0 Å². The van der Waals surface area contributed by atoms with Crippen LogP contribution < -0.4 is 0 Å². The Morgan fingerprint density at radius 3 is 0.800 bits per heavy atom. The van der Waals surface area contributed by atoms with Crippen LogP contribution in [0.3, 0.4) is 0 Å². The molecular weight excluding hydrogens is 865 g/mol. The van der Waals surface area contributed by atoms with E-state index in [0.29, 0.717) is 19.3 Å². The monoisotopic (exact) mass is 983 g/mol. The van der Waals surface area contributed by atoms with Gasteiger partial charge in [-0.3, -0.25) is 14.4 Å². The standard InChI is InChI=1S/C64H118O6/c1-4-7-10-13-16-18-20-22-24-26-28-30-32-34-36-38-40-42-44-46-48-51-54-57-63(66)69-60-61(59-68-62(65)56-53-50-15-12-9-6-3)70-64(67)58-55-52-49-47-45-43-41-39-37-35-33-31-29-27-25-23-21-19-17-14-11-8-5-2/h20,22,26-29,61H,4-19,21,23-25,30-60H2,1-3H3/b22-20-,28-26-,29-27-. The van der Waals surface area contributed by atoms with Gasteiger partial charge >= 0.3 is 17.9 Å². The van der Waals surface area contributed by atoms with Crippen LogP contribution in [0.5, 0.6) is 0 Å². The maximum atomic E-state index is 12.8. The minimum absolute atomic E-state index is 0.0705. The van der Waals surface area contributed by atoms with E-state index in [1.165, 1.54) is 231 Å². The lowest BCUT2D eigenvalue weighted by molar-refractivity contribution is -0.167. The van der Waals surface area contributed by atoms with E-state index in [-0.39, 0.29) is 31.1 Å². The molecule has 6 nitrogen and oxygen atoms in total. The summed E-state index contributed by atoms with van der Waals surface area (Å²) in [5, 5.41) is 0. The highest BCUT2D eigenvalue weighted by atomic mass is 16.6. The average molecular weight is 984 g/mol. The zero-order valence-electron chi connectivity index (χ0n) is 47.1. The summed E-state index contributed by atoms with van der Waals surface area (Å²) in [7, 11) is 0. The second-order valence-corrected chi connectivity index (χ2v) is 21.0. The van der Waals surface area contributed by atoms with Crippen molar-refractivity contribution in [1.82, 2.24) is 0 Å². The lowest BCUT2D eigenvalue weighted by Gasteiger charge is -2.18. The van der Waals surface area contributed by atoms with Gasteiger partial charge in [-0.2, -0.15) is 0 Å². The van der Waals surface area contributed by atoms with Crippen molar-refractivity contribution in [2.75, 3.05) is 13.2 Å². The van der Waals surface area contributed by atoms with E-state index in [2.05, 4.69) is 57.2 Å². The highest BCUT2D eigenvalue weighted by Gasteiger charge is 2.19. The zero-order valence-corrected chi connectivity index (χ0v) is 47.1. The molecular formula is C64H118O6. The molecule has 0 heterocycles. The molecule has 0 bridgehead atoms. The maximum absolute atomic E-state index is 12.8. The molecule has 0 aromatic heterocycles. The van der Waals surface area contributed by atoms with Crippen LogP contribution in [0, 0.1) is 0 Å². The number of carbonyl (C=O) groups is 3. The molecule has 0 rings (SSSR count). The Bertz CT molecular complexity index is 1170. The minimum atomic E-state index is -0.769. The van der Waals surface area contributed by atoms with Gasteiger partial charge in [-0.25, -0.2) is 0 Å². The SMILES string of the molecule is CCCCCCC/C=C\C/C=C\CCCCCCCCCCCCCC(=O)OCC(COC(=O)CCCCCCCC)OC(=O)CCCCCCCCCCCCC/C=C\CCCCCCCCCC. The van der Waals surface area contributed by atoms with Crippen molar-refractivity contribution in [3.05, 3.63) is 36.5 Å². The second-order valence-electron chi connectivity index (χ2n) is 21.0. The highest BCUT2D eigenvalue weighted by molar-refractivity contribution is 5.71. The summed E-state index contributed by atoms with van der Waals surface area (Å²) in [5.41, 5.74) is 0. The molecule has 0 spiro atoms. The molecule has 0 radical (unpaired) electrons. The summed E-state index contributed by atoms with van der Waals surface area (Å²) >= 11 is 0. The summed E-state index contributed by atoms with van der Waals surface area (Å²) < 4.78 is 16.8. The molecule has 70 heavy (non-hydrogen) atoms. The Kier molecular flexibility index (Phi) is 57.2. The molecule has 0 amide bonds. The third-order valence-corrected chi connectivity index (χ3v) is 13.9. The molecule has 0 saturated heterocycles. The number of allylic oxidation sites excluding steroid dienone is 6. The van der Waals surface area contributed by atoms with Crippen LogP contribution in [0.2, 0.25) is 0 Å². The van der Waals surface area contributed by atoms with Gasteiger partial charge < -0.3 is 14.2 Å². The molecule has 0 aliphatic rings. The normalized spacial score (nSPS) is 12.2. The number of esters is 3. The van der Waals surface area contributed by atoms with Crippen molar-refractivity contribution in [1.29, 1.82) is 0 Å². The molecule has 0 saturated carbocycles. The molecule has 1 unspecified atom stereocenters. The summed E-state index contributed by atoms with van der Waals surface area (Å²) in [6.07, 6.45) is 71.8. The number of hydrogen-bond donors (Lipinski definition) is 0. The van der Waals surface area contributed by atoms with Crippen LogP contribution in [0.25, 0.3) is 0 Å². The summed E-state index contributed by atoms with van der Waals surface area (Å²) in [4.78, 5) is 38.0. The van der Waals surface area contributed by atoms with Gasteiger partial charge in [0.15, 0.2) is 6.10 Å². The van der Waals surface area contributed by atoms with Crippen molar-refractivity contribution < 1.29 is 28.6 Å². The van der Waals surface area contributed by atoms with Gasteiger partial charge in [0.1, 0.15) is 13.2 Å². The van der Waals surface area contributed by atoms with Gasteiger partial charge in [0.2, 0.25) is 0 Å². The molecule has 6 heteroatoms. The van der Waals surface area contributed by atoms with Crippen molar-refractivity contribution in [2.24, 2.45) is 0 Å². The van der Waals surface area contributed by atoms with Crippen molar-refractivity contribution in [3.8, 4) is 0 Å². The molecule has 0 aliphatic heterocycles. The van der Waals surface area contributed by atoms with Crippen LogP contribution in [0.15, 0.2) is 36.5 Å². The molecule has 0 N–H and O–H groups in total. The Morgan fingerprint density at radius 2 is 0.514 bits per heavy atom. The molecule has 0 aromatic carbocycles. The summed E-state index contributed by atoms with van der Waals surface area (Å²) in [6.45, 7) is 6.61. The Hall–Kier alpha value is -2.37. The van der Waals surface area contributed by atoms with Crippen LogP contribution in [0.1, 0.15) is 335 Å². The maximum Gasteiger partial charge on any atom is 0.306 e. The topological polar surface area (TPSA) is 78.9 Å². The van der Waals surface area contributed by atoms with Gasteiger partial charge in [-0.1, -0.05) is 276 Å². The number of carbonyl (C=O) groups excluding carboxylic acids is 3. The zero-order chi connectivity index (χ0) is 50.7. The van der Waals surface area contributed by atoms with E-state index in [0.717, 1.165) is 64.2 Å². The Balaban J connectivity index is 4.08. The average Bonchev–Trinajstić information content (AvgIpc) is 3.36. The van der Waals surface area contributed by atoms with E-state index in [1.807, 2.05) is 0 Å². The Labute approximate surface area is 435 Å². The van der Waals surface area contributed by atoms with Crippen molar-refractivity contribution >= 4 is 17.9 Å². The molecule has 1 atom stereocenters. The fourth-order valence-corrected chi connectivity index (χ4v) is 9.18. The first kappa shape index (κ1) is 67.6. The van der Waals surface area contributed by atoms with E-state index in [4.69, 9.17) is 14.2 Å². The first-order chi connectivity index (χ1) is 34.5. The molecule has 0 aromatic rings. The quantitative estimate of drug-likeness (QED) is 0.0261. The van der Waals surface area contributed by atoms with E-state index >= 15 is 0 Å². The van der Waals surface area contributed by atoms with E-state index < -0.39 is 6.10 Å².